The van der Waals surface area contributed by atoms with Gasteiger partial charge in [-0.05, 0) is 31.9 Å². The molecular formula is C14H17N3O3. The molecule has 1 fully saturated rings. The van der Waals surface area contributed by atoms with Gasteiger partial charge < -0.3 is 16.0 Å². The van der Waals surface area contributed by atoms with Gasteiger partial charge in [0.25, 0.3) is 0 Å². The Labute approximate surface area is 116 Å². The maximum atomic E-state index is 11.8. The zero-order chi connectivity index (χ0) is 14.5. The Bertz CT molecular complexity index is 542. The number of hydrogen-bond acceptors (Lipinski definition) is 3. The maximum absolute atomic E-state index is 11.8. The molecule has 20 heavy (non-hydrogen) atoms. The van der Waals surface area contributed by atoms with Crippen LogP contribution in [-0.4, -0.2) is 30.3 Å². The van der Waals surface area contributed by atoms with E-state index in [1.54, 1.807) is 24.3 Å². The highest BCUT2D eigenvalue weighted by atomic mass is 16.2. The summed E-state index contributed by atoms with van der Waals surface area (Å²) in [6.45, 7) is 2.12. The Balaban J connectivity index is 1.95. The van der Waals surface area contributed by atoms with Gasteiger partial charge in [-0.3, -0.25) is 9.59 Å². The Kier molecular flexibility index (Phi) is 4.34. The van der Waals surface area contributed by atoms with Gasteiger partial charge >= 0.3 is 6.03 Å². The van der Waals surface area contributed by atoms with Crippen molar-refractivity contribution >= 4 is 23.4 Å². The van der Waals surface area contributed by atoms with Gasteiger partial charge in [0.2, 0.25) is 5.91 Å². The van der Waals surface area contributed by atoms with Gasteiger partial charge in [-0.1, -0.05) is 12.1 Å². The number of Topliss-reactive ketones (excluding diaryl/α,β-unsaturated/α-hetero) is 1. The number of ketones is 1. The molecule has 0 radical (unpaired) electrons. The molecule has 0 spiro atoms. The molecule has 3 N–H and O–H groups in total. The molecule has 1 saturated heterocycles. The highest BCUT2D eigenvalue weighted by molar-refractivity contribution is 5.97. The number of amides is 3. The normalized spacial score (nSPS) is 18.1. The van der Waals surface area contributed by atoms with Crippen molar-refractivity contribution in [3.05, 3.63) is 29.8 Å². The lowest BCUT2D eigenvalue weighted by Gasteiger charge is -2.22. The second-order valence-corrected chi connectivity index (χ2v) is 4.72. The number of benzene rings is 1. The van der Waals surface area contributed by atoms with Crippen molar-refractivity contribution in [2.45, 2.75) is 25.8 Å². The van der Waals surface area contributed by atoms with Crippen molar-refractivity contribution < 1.29 is 14.4 Å². The molecule has 1 aromatic rings. The molecule has 106 valence electrons. The van der Waals surface area contributed by atoms with E-state index in [0.29, 0.717) is 24.2 Å². The van der Waals surface area contributed by atoms with Crippen LogP contribution in [0.5, 0.6) is 0 Å². The number of anilines is 1. The van der Waals surface area contributed by atoms with Gasteiger partial charge in [0.05, 0.1) is 0 Å². The molecule has 6 heteroatoms. The van der Waals surface area contributed by atoms with Gasteiger partial charge in [-0.2, -0.15) is 0 Å². The number of urea groups is 1. The van der Waals surface area contributed by atoms with E-state index in [2.05, 4.69) is 16.0 Å². The summed E-state index contributed by atoms with van der Waals surface area (Å²) in [5.74, 6) is -0.232. The summed E-state index contributed by atoms with van der Waals surface area (Å²) in [5, 5.41) is 7.94. The molecule has 1 aromatic carbocycles. The lowest BCUT2D eigenvalue weighted by atomic mass is 10.1. The van der Waals surface area contributed by atoms with E-state index >= 15 is 0 Å². The SMILES string of the molecule is CC(=O)c1cccc(NC(=O)NC2CCCNC2=O)c1. The molecule has 1 atom stereocenters. The summed E-state index contributed by atoms with van der Waals surface area (Å²) in [7, 11) is 0. The number of piperidine rings is 1. The van der Waals surface area contributed by atoms with E-state index in [-0.39, 0.29) is 11.7 Å². The van der Waals surface area contributed by atoms with Crippen molar-refractivity contribution in [2.75, 3.05) is 11.9 Å². The fraction of sp³-hybridized carbons (Fsp3) is 0.357. The summed E-state index contributed by atoms with van der Waals surface area (Å²) in [5.41, 5.74) is 1.05. The second kappa shape index (κ2) is 6.18. The van der Waals surface area contributed by atoms with Crippen molar-refractivity contribution in [3.8, 4) is 0 Å². The summed E-state index contributed by atoms with van der Waals surface area (Å²) < 4.78 is 0. The first-order chi connectivity index (χ1) is 9.56. The summed E-state index contributed by atoms with van der Waals surface area (Å²) in [6.07, 6.45) is 1.48. The summed E-state index contributed by atoms with van der Waals surface area (Å²) in [6, 6.07) is 5.71. The first-order valence-electron chi connectivity index (χ1n) is 6.52. The molecule has 1 aliphatic rings. The van der Waals surface area contributed by atoms with E-state index in [9.17, 15) is 14.4 Å². The summed E-state index contributed by atoms with van der Waals surface area (Å²) >= 11 is 0. The largest absolute Gasteiger partial charge is 0.354 e. The van der Waals surface area contributed by atoms with Gasteiger partial charge in [-0.25, -0.2) is 4.79 Å². The van der Waals surface area contributed by atoms with Gasteiger partial charge in [0.15, 0.2) is 5.78 Å². The van der Waals surface area contributed by atoms with E-state index in [1.165, 1.54) is 6.92 Å². The third-order valence-corrected chi connectivity index (χ3v) is 3.12. The molecule has 1 unspecified atom stereocenters. The molecular weight excluding hydrogens is 258 g/mol. The van der Waals surface area contributed by atoms with Gasteiger partial charge in [-0.15, -0.1) is 0 Å². The number of carbonyl (C=O) groups excluding carboxylic acids is 3. The Morgan fingerprint density at radius 2 is 2.15 bits per heavy atom. The van der Waals surface area contributed by atoms with E-state index < -0.39 is 12.1 Å². The standard InChI is InChI=1S/C14H17N3O3/c1-9(18)10-4-2-5-11(8-10)16-14(20)17-12-6-3-7-15-13(12)19/h2,4-5,8,12H,3,6-7H2,1H3,(H,15,19)(H2,16,17,20). The molecule has 1 aliphatic heterocycles. The molecule has 0 aliphatic carbocycles. The number of carbonyl (C=O) groups is 3. The van der Waals surface area contributed by atoms with Crippen LogP contribution in [0.3, 0.4) is 0 Å². The molecule has 0 bridgehead atoms. The summed E-state index contributed by atoms with van der Waals surface area (Å²) in [4.78, 5) is 34.6. The van der Waals surface area contributed by atoms with E-state index in [1.807, 2.05) is 0 Å². The molecule has 6 nitrogen and oxygen atoms in total. The highest BCUT2D eigenvalue weighted by Gasteiger charge is 2.23. The predicted molar refractivity (Wildman–Crippen MR) is 74.6 cm³/mol. The first kappa shape index (κ1) is 14.0. The lowest BCUT2D eigenvalue weighted by Crippen LogP contribution is -2.51. The maximum Gasteiger partial charge on any atom is 0.319 e. The minimum atomic E-state index is -0.500. The lowest BCUT2D eigenvalue weighted by molar-refractivity contribution is -0.124. The number of rotatable bonds is 3. The fourth-order valence-corrected chi connectivity index (χ4v) is 2.05. The first-order valence-corrected chi connectivity index (χ1v) is 6.52. The molecule has 1 heterocycles. The second-order valence-electron chi connectivity index (χ2n) is 4.72. The van der Waals surface area contributed by atoms with Crippen molar-refractivity contribution in [1.82, 2.24) is 10.6 Å². The minimum absolute atomic E-state index is 0.0688. The molecule has 0 aromatic heterocycles. The van der Waals surface area contributed by atoms with Crippen LogP contribution in [0.1, 0.15) is 30.1 Å². The smallest absolute Gasteiger partial charge is 0.319 e. The van der Waals surface area contributed by atoms with Gasteiger partial charge in [0.1, 0.15) is 6.04 Å². The Morgan fingerprint density at radius 1 is 1.35 bits per heavy atom. The fourth-order valence-electron chi connectivity index (χ4n) is 2.05. The zero-order valence-corrected chi connectivity index (χ0v) is 11.2. The van der Waals surface area contributed by atoms with Crippen molar-refractivity contribution in [2.24, 2.45) is 0 Å². The average molecular weight is 275 g/mol. The van der Waals surface area contributed by atoms with E-state index in [0.717, 1.165) is 6.42 Å². The minimum Gasteiger partial charge on any atom is -0.354 e. The highest BCUT2D eigenvalue weighted by Crippen LogP contribution is 2.11. The van der Waals surface area contributed by atoms with Crippen LogP contribution in [0, 0.1) is 0 Å². The van der Waals surface area contributed by atoms with Crippen LogP contribution in [0.2, 0.25) is 0 Å². The van der Waals surface area contributed by atoms with Crippen molar-refractivity contribution in [3.63, 3.8) is 0 Å². The van der Waals surface area contributed by atoms with Crippen LogP contribution < -0.4 is 16.0 Å². The van der Waals surface area contributed by atoms with Crippen LogP contribution in [0.4, 0.5) is 10.5 Å². The third-order valence-electron chi connectivity index (χ3n) is 3.12. The molecule has 3 amide bonds. The quantitative estimate of drug-likeness (QED) is 0.726. The average Bonchev–Trinajstić information content (AvgIpc) is 2.41. The topological polar surface area (TPSA) is 87.3 Å². The number of hydrogen-bond donors (Lipinski definition) is 3. The van der Waals surface area contributed by atoms with E-state index in [4.69, 9.17) is 0 Å². The Morgan fingerprint density at radius 3 is 2.85 bits per heavy atom. The predicted octanol–water partition coefficient (Wildman–Crippen LogP) is 1.29. The number of nitrogens with one attached hydrogen (secondary N) is 3. The zero-order valence-electron chi connectivity index (χ0n) is 11.2. The monoisotopic (exact) mass is 275 g/mol. The van der Waals surface area contributed by atoms with Crippen LogP contribution in [-0.2, 0) is 4.79 Å². The van der Waals surface area contributed by atoms with Crippen LogP contribution in [0.25, 0.3) is 0 Å². The third kappa shape index (κ3) is 3.57. The van der Waals surface area contributed by atoms with Crippen molar-refractivity contribution in [1.29, 1.82) is 0 Å². The Hall–Kier alpha value is -2.37. The molecule has 2 rings (SSSR count). The van der Waals surface area contributed by atoms with Crippen LogP contribution >= 0.6 is 0 Å². The molecule has 0 saturated carbocycles. The van der Waals surface area contributed by atoms with Gasteiger partial charge in [0, 0.05) is 17.8 Å². The van der Waals surface area contributed by atoms with Crippen LogP contribution in [0.15, 0.2) is 24.3 Å².